The lowest BCUT2D eigenvalue weighted by Crippen LogP contribution is -2.40. The molecule has 1 saturated heterocycles. The highest BCUT2D eigenvalue weighted by Crippen LogP contribution is 2.31. The molecule has 0 bridgehead atoms. The molecule has 1 aliphatic carbocycles. The Labute approximate surface area is 183 Å². The van der Waals surface area contributed by atoms with Crippen LogP contribution in [0.5, 0.6) is 5.75 Å². The van der Waals surface area contributed by atoms with E-state index in [-0.39, 0.29) is 23.7 Å². The van der Waals surface area contributed by atoms with Gasteiger partial charge in [0.05, 0.1) is 18.2 Å². The molecule has 2 aliphatic heterocycles. The third-order valence-corrected chi connectivity index (χ3v) is 7.00. The molecule has 5 rings (SSSR count). The van der Waals surface area contributed by atoms with Crippen LogP contribution in [0.2, 0.25) is 0 Å². The minimum Gasteiger partial charge on any atom is -0.506 e. The SMILES string of the molecule is O=C(N[C@H]1C[C@@H](C2=NCCO2)N(CC2CCCCC2)C1)c1ccc2ccccc2c1O. The number of hydrogen-bond acceptors (Lipinski definition) is 5. The van der Waals surface area contributed by atoms with E-state index in [1.54, 1.807) is 6.07 Å². The number of benzene rings is 2. The number of aromatic hydroxyl groups is 1. The van der Waals surface area contributed by atoms with Crippen molar-refractivity contribution in [3.8, 4) is 5.75 Å². The van der Waals surface area contributed by atoms with Gasteiger partial charge >= 0.3 is 0 Å². The van der Waals surface area contributed by atoms with Gasteiger partial charge in [0.2, 0.25) is 5.90 Å². The van der Waals surface area contributed by atoms with Gasteiger partial charge in [0.1, 0.15) is 12.4 Å². The number of phenols is 1. The molecule has 2 fully saturated rings. The predicted octanol–water partition coefficient (Wildman–Crippen LogP) is 3.73. The van der Waals surface area contributed by atoms with Gasteiger partial charge in [0.15, 0.2) is 0 Å². The summed E-state index contributed by atoms with van der Waals surface area (Å²) in [6, 6.07) is 11.3. The number of phenolic OH excluding ortho intramolecular Hbond substituents is 1. The number of fused-ring (bicyclic) bond motifs is 1. The van der Waals surface area contributed by atoms with Crippen LogP contribution in [0.1, 0.15) is 48.9 Å². The number of rotatable bonds is 5. The van der Waals surface area contributed by atoms with Crippen LogP contribution in [0, 0.1) is 5.92 Å². The van der Waals surface area contributed by atoms with Crippen molar-refractivity contribution in [1.29, 1.82) is 0 Å². The summed E-state index contributed by atoms with van der Waals surface area (Å²) in [7, 11) is 0. The van der Waals surface area contributed by atoms with E-state index in [9.17, 15) is 9.90 Å². The Hall–Kier alpha value is -2.60. The number of ether oxygens (including phenoxy) is 1. The fourth-order valence-corrected chi connectivity index (χ4v) is 5.42. The molecule has 0 aromatic heterocycles. The van der Waals surface area contributed by atoms with E-state index in [1.807, 2.05) is 30.3 Å². The number of hydrogen-bond donors (Lipinski definition) is 2. The van der Waals surface area contributed by atoms with Gasteiger partial charge in [-0.25, -0.2) is 0 Å². The molecule has 2 aromatic carbocycles. The maximum atomic E-state index is 13.0. The molecule has 6 nitrogen and oxygen atoms in total. The summed E-state index contributed by atoms with van der Waals surface area (Å²) in [6.07, 6.45) is 7.37. The maximum absolute atomic E-state index is 13.0. The van der Waals surface area contributed by atoms with Gasteiger partial charge in [-0.1, -0.05) is 49.6 Å². The quantitative estimate of drug-likeness (QED) is 0.772. The molecular weight excluding hydrogens is 390 g/mol. The van der Waals surface area contributed by atoms with E-state index < -0.39 is 0 Å². The zero-order valence-electron chi connectivity index (χ0n) is 17.9. The molecule has 2 aromatic rings. The third kappa shape index (κ3) is 4.26. The van der Waals surface area contributed by atoms with Crippen molar-refractivity contribution in [3.05, 3.63) is 42.0 Å². The number of carbonyl (C=O) groups is 1. The van der Waals surface area contributed by atoms with Gasteiger partial charge in [0, 0.05) is 24.5 Å². The second kappa shape index (κ2) is 8.87. The zero-order valence-corrected chi connectivity index (χ0v) is 17.9. The van der Waals surface area contributed by atoms with Crippen molar-refractivity contribution in [1.82, 2.24) is 10.2 Å². The van der Waals surface area contributed by atoms with Crippen LogP contribution < -0.4 is 5.32 Å². The first kappa shape index (κ1) is 20.3. The average molecular weight is 422 g/mol. The molecule has 0 spiro atoms. The summed E-state index contributed by atoms with van der Waals surface area (Å²) >= 11 is 0. The van der Waals surface area contributed by atoms with Crippen molar-refractivity contribution in [3.63, 3.8) is 0 Å². The van der Waals surface area contributed by atoms with E-state index in [0.717, 1.165) is 43.3 Å². The van der Waals surface area contributed by atoms with Crippen molar-refractivity contribution >= 4 is 22.6 Å². The second-order valence-electron chi connectivity index (χ2n) is 9.13. The van der Waals surface area contributed by atoms with Crippen LogP contribution in [0.25, 0.3) is 10.8 Å². The van der Waals surface area contributed by atoms with Crippen LogP contribution >= 0.6 is 0 Å². The molecule has 2 heterocycles. The summed E-state index contributed by atoms with van der Waals surface area (Å²) in [6.45, 7) is 3.22. The van der Waals surface area contributed by atoms with E-state index in [2.05, 4.69) is 15.2 Å². The fraction of sp³-hybridized carbons (Fsp3) is 0.520. The van der Waals surface area contributed by atoms with Crippen LogP contribution in [0.4, 0.5) is 0 Å². The van der Waals surface area contributed by atoms with Crippen molar-refractivity contribution in [2.24, 2.45) is 10.9 Å². The molecule has 31 heavy (non-hydrogen) atoms. The second-order valence-corrected chi connectivity index (χ2v) is 9.13. The van der Waals surface area contributed by atoms with Crippen molar-refractivity contribution in [2.75, 3.05) is 26.2 Å². The summed E-state index contributed by atoms with van der Waals surface area (Å²) in [5.74, 6) is 1.38. The van der Waals surface area contributed by atoms with E-state index in [0.29, 0.717) is 17.6 Å². The molecule has 0 unspecified atom stereocenters. The Morgan fingerprint density at radius 1 is 1.16 bits per heavy atom. The lowest BCUT2D eigenvalue weighted by Gasteiger charge is -2.30. The monoisotopic (exact) mass is 421 g/mol. The van der Waals surface area contributed by atoms with Gasteiger partial charge in [0.25, 0.3) is 5.91 Å². The number of amides is 1. The summed E-state index contributed by atoms with van der Waals surface area (Å²) in [5, 5.41) is 15.5. The number of aliphatic imine (C=N–C) groups is 1. The highest BCUT2D eigenvalue weighted by molar-refractivity contribution is 6.03. The number of nitrogens with one attached hydrogen (secondary N) is 1. The third-order valence-electron chi connectivity index (χ3n) is 7.00. The number of likely N-dealkylation sites (tertiary alicyclic amines) is 1. The average Bonchev–Trinajstić information content (AvgIpc) is 3.45. The molecular formula is C25H31N3O3. The Morgan fingerprint density at radius 3 is 2.81 bits per heavy atom. The summed E-state index contributed by atoms with van der Waals surface area (Å²) < 4.78 is 5.82. The first-order valence-electron chi connectivity index (χ1n) is 11.6. The minimum absolute atomic E-state index is 0.0128. The van der Waals surface area contributed by atoms with E-state index in [1.165, 1.54) is 32.1 Å². The van der Waals surface area contributed by atoms with Crippen molar-refractivity contribution in [2.45, 2.75) is 50.6 Å². The molecule has 2 atom stereocenters. The van der Waals surface area contributed by atoms with Gasteiger partial charge < -0.3 is 15.2 Å². The van der Waals surface area contributed by atoms with Gasteiger partial charge in [-0.2, -0.15) is 0 Å². The Bertz CT molecular complexity index is 983. The molecule has 3 aliphatic rings. The van der Waals surface area contributed by atoms with Crippen LogP contribution in [-0.2, 0) is 4.74 Å². The standard InChI is InChI=1S/C25H31N3O3/c29-23-20-9-5-4-8-18(20)10-11-21(23)24(30)27-19-14-22(25-26-12-13-31-25)28(16-19)15-17-6-2-1-3-7-17/h4-5,8-11,17,19,22,29H,1-3,6-7,12-16H2,(H,27,30)/t19-,22-/m0/s1. The highest BCUT2D eigenvalue weighted by Gasteiger charge is 2.39. The smallest absolute Gasteiger partial charge is 0.255 e. The number of carbonyl (C=O) groups excluding carboxylic acids is 1. The molecule has 6 heteroatoms. The molecule has 164 valence electrons. The first-order chi connectivity index (χ1) is 15.2. The van der Waals surface area contributed by atoms with Gasteiger partial charge in [-0.15, -0.1) is 0 Å². The Morgan fingerprint density at radius 2 is 2.00 bits per heavy atom. The summed E-state index contributed by atoms with van der Waals surface area (Å²) in [4.78, 5) is 20.1. The van der Waals surface area contributed by atoms with E-state index in [4.69, 9.17) is 4.74 Å². The van der Waals surface area contributed by atoms with Crippen LogP contribution in [0.3, 0.4) is 0 Å². The van der Waals surface area contributed by atoms with Gasteiger partial charge in [-0.05, 0) is 36.6 Å². The van der Waals surface area contributed by atoms with Crippen LogP contribution in [-0.4, -0.2) is 60.1 Å². The molecule has 1 saturated carbocycles. The fourth-order valence-electron chi connectivity index (χ4n) is 5.42. The largest absolute Gasteiger partial charge is 0.506 e. The van der Waals surface area contributed by atoms with Crippen LogP contribution in [0.15, 0.2) is 41.4 Å². The predicted molar refractivity (Wildman–Crippen MR) is 122 cm³/mol. The molecule has 1 amide bonds. The first-order valence-corrected chi connectivity index (χ1v) is 11.6. The number of nitrogens with zero attached hydrogens (tertiary/aromatic N) is 2. The van der Waals surface area contributed by atoms with Crippen molar-refractivity contribution < 1.29 is 14.6 Å². The summed E-state index contributed by atoms with van der Waals surface area (Å²) in [5.41, 5.74) is 0.329. The highest BCUT2D eigenvalue weighted by atomic mass is 16.5. The zero-order chi connectivity index (χ0) is 21.2. The lowest BCUT2D eigenvalue weighted by molar-refractivity contribution is 0.0934. The van der Waals surface area contributed by atoms with E-state index >= 15 is 0 Å². The Balaban J connectivity index is 1.30. The Kier molecular flexibility index (Phi) is 5.81. The maximum Gasteiger partial charge on any atom is 0.255 e. The molecule has 0 radical (unpaired) electrons. The normalized spacial score (nSPS) is 24.8. The minimum atomic E-state index is -0.221. The van der Waals surface area contributed by atoms with Gasteiger partial charge in [-0.3, -0.25) is 14.7 Å². The molecule has 2 N–H and O–H groups in total. The lowest BCUT2D eigenvalue weighted by atomic mass is 9.89. The topological polar surface area (TPSA) is 74.2 Å².